The number of carbonyl (C=O) groups is 2. The molecule has 0 atom stereocenters. The lowest BCUT2D eigenvalue weighted by Crippen LogP contribution is -2.25. The Kier molecular flexibility index (Phi) is 4.15. The zero-order valence-electron chi connectivity index (χ0n) is 15.7. The smallest absolute Gasteiger partial charge is 0.257 e. The lowest BCUT2D eigenvalue weighted by molar-refractivity contribution is -0.116. The number of aromatic nitrogens is 1. The molecule has 27 heavy (non-hydrogen) atoms. The number of amides is 2. The normalized spacial score (nSPS) is 12.9. The van der Waals surface area contributed by atoms with E-state index in [9.17, 15) is 9.59 Å². The second kappa shape index (κ2) is 6.50. The lowest BCUT2D eigenvalue weighted by atomic mass is 10.1. The Bertz CT molecular complexity index is 1090. The van der Waals surface area contributed by atoms with E-state index < -0.39 is 0 Å². The number of hydrogen-bond acceptors (Lipinski definition) is 3. The summed E-state index contributed by atoms with van der Waals surface area (Å²) in [6.07, 6.45) is 0.800. The van der Waals surface area contributed by atoms with E-state index in [0.717, 1.165) is 39.8 Å². The average molecular weight is 359 g/mol. The molecule has 1 aliphatic rings. The molecular formula is C22H21N3O2. The zero-order valence-corrected chi connectivity index (χ0v) is 15.7. The number of anilines is 2. The lowest BCUT2D eigenvalue weighted by Gasteiger charge is -2.15. The second-order valence-corrected chi connectivity index (χ2v) is 7.04. The monoisotopic (exact) mass is 359 g/mol. The molecular weight excluding hydrogens is 338 g/mol. The molecule has 2 amide bonds. The first-order valence-electron chi connectivity index (χ1n) is 9.03. The van der Waals surface area contributed by atoms with Gasteiger partial charge >= 0.3 is 0 Å². The highest BCUT2D eigenvalue weighted by Crippen LogP contribution is 2.30. The van der Waals surface area contributed by atoms with Crippen LogP contribution in [0.4, 0.5) is 11.4 Å². The number of carbonyl (C=O) groups excluding carboxylic acids is 2. The molecule has 0 unspecified atom stereocenters. The third kappa shape index (κ3) is 3.16. The van der Waals surface area contributed by atoms with Gasteiger partial charge in [0.2, 0.25) is 5.91 Å². The largest absolute Gasteiger partial charge is 0.322 e. The van der Waals surface area contributed by atoms with Crippen LogP contribution in [0.25, 0.3) is 10.9 Å². The predicted molar refractivity (Wildman–Crippen MR) is 107 cm³/mol. The van der Waals surface area contributed by atoms with E-state index in [2.05, 4.69) is 10.3 Å². The Morgan fingerprint density at radius 1 is 1.07 bits per heavy atom. The predicted octanol–water partition coefficient (Wildman–Crippen LogP) is 4.01. The van der Waals surface area contributed by atoms with Crippen LogP contribution in [-0.4, -0.2) is 23.3 Å². The van der Waals surface area contributed by atoms with Crippen LogP contribution in [0.5, 0.6) is 0 Å². The van der Waals surface area contributed by atoms with Crippen molar-refractivity contribution in [2.75, 3.05) is 16.8 Å². The third-order valence-corrected chi connectivity index (χ3v) is 5.02. The van der Waals surface area contributed by atoms with Gasteiger partial charge in [-0.05, 0) is 62.2 Å². The summed E-state index contributed by atoms with van der Waals surface area (Å²) >= 11 is 0. The minimum Gasteiger partial charge on any atom is -0.322 e. The van der Waals surface area contributed by atoms with Crippen LogP contribution in [0.1, 0.15) is 34.1 Å². The average Bonchev–Trinajstić information content (AvgIpc) is 3.05. The van der Waals surface area contributed by atoms with Crippen molar-refractivity contribution < 1.29 is 9.59 Å². The summed E-state index contributed by atoms with van der Waals surface area (Å²) in [5.74, 6) is -0.136. The number of hydrogen-bond donors (Lipinski definition) is 1. The van der Waals surface area contributed by atoms with Gasteiger partial charge in [-0.15, -0.1) is 0 Å². The molecule has 0 spiro atoms. The number of fused-ring (bicyclic) bond motifs is 2. The fraction of sp³-hybridized carbons (Fsp3) is 0.227. The van der Waals surface area contributed by atoms with E-state index >= 15 is 0 Å². The first kappa shape index (κ1) is 17.2. The van der Waals surface area contributed by atoms with E-state index in [1.54, 1.807) is 11.8 Å². The molecule has 1 aliphatic heterocycles. The summed E-state index contributed by atoms with van der Waals surface area (Å²) in [7, 11) is 0. The minimum atomic E-state index is -0.176. The summed E-state index contributed by atoms with van der Waals surface area (Å²) in [4.78, 5) is 30.8. The molecule has 3 aromatic rings. The van der Waals surface area contributed by atoms with Gasteiger partial charge in [0.1, 0.15) is 0 Å². The minimum absolute atomic E-state index is 0.0405. The second-order valence-electron chi connectivity index (χ2n) is 7.04. The summed E-state index contributed by atoms with van der Waals surface area (Å²) in [6, 6.07) is 13.6. The molecule has 4 rings (SSSR count). The van der Waals surface area contributed by atoms with Crippen LogP contribution in [0.2, 0.25) is 0 Å². The zero-order chi connectivity index (χ0) is 19.1. The van der Waals surface area contributed by atoms with Crippen LogP contribution in [0, 0.1) is 13.8 Å². The van der Waals surface area contributed by atoms with Gasteiger partial charge in [-0.2, -0.15) is 0 Å². The number of benzene rings is 2. The molecule has 2 heterocycles. The van der Waals surface area contributed by atoms with Crippen molar-refractivity contribution in [2.45, 2.75) is 27.2 Å². The molecule has 0 saturated carbocycles. The number of nitrogens with one attached hydrogen (secondary N) is 1. The standard InChI is InChI=1S/C22H21N3O2/c1-13-4-6-20-17(10-13)12-19(14(2)23-20)22(27)24-18-5-7-21-16(11-18)8-9-25(21)15(3)26/h4-7,10-12H,8-9H2,1-3H3,(H,24,27). The molecule has 136 valence electrons. The van der Waals surface area contributed by atoms with E-state index in [1.807, 2.05) is 56.3 Å². The maximum Gasteiger partial charge on any atom is 0.257 e. The van der Waals surface area contributed by atoms with E-state index in [1.165, 1.54) is 0 Å². The fourth-order valence-electron chi connectivity index (χ4n) is 3.63. The number of aryl methyl sites for hydroxylation is 2. The Labute approximate surface area is 158 Å². The molecule has 0 bridgehead atoms. The van der Waals surface area contributed by atoms with Crippen molar-refractivity contribution in [2.24, 2.45) is 0 Å². The summed E-state index contributed by atoms with van der Waals surface area (Å²) in [6.45, 7) is 6.13. The van der Waals surface area contributed by atoms with Crippen molar-refractivity contribution in [1.29, 1.82) is 0 Å². The Hall–Kier alpha value is -3.21. The first-order valence-corrected chi connectivity index (χ1v) is 9.03. The molecule has 1 N–H and O–H groups in total. The highest BCUT2D eigenvalue weighted by molar-refractivity contribution is 6.07. The van der Waals surface area contributed by atoms with Gasteiger partial charge in [0.05, 0.1) is 16.8 Å². The van der Waals surface area contributed by atoms with Crippen LogP contribution in [-0.2, 0) is 11.2 Å². The van der Waals surface area contributed by atoms with Gasteiger partial charge in [-0.25, -0.2) is 0 Å². The van der Waals surface area contributed by atoms with Crippen molar-refractivity contribution in [3.05, 3.63) is 64.8 Å². The Morgan fingerprint density at radius 3 is 2.67 bits per heavy atom. The van der Waals surface area contributed by atoms with Crippen LogP contribution < -0.4 is 10.2 Å². The Balaban J connectivity index is 1.62. The van der Waals surface area contributed by atoms with Gasteiger partial charge in [0, 0.05) is 30.2 Å². The van der Waals surface area contributed by atoms with E-state index in [0.29, 0.717) is 17.8 Å². The molecule has 0 fully saturated rings. The van der Waals surface area contributed by atoms with Gasteiger partial charge in [-0.1, -0.05) is 11.6 Å². The summed E-state index contributed by atoms with van der Waals surface area (Å²) in [5.41, 5.74) is 6.02. The molecule has 0 saturated heterocycles. The number of rotatable bonds is 2. The third-order valence-electron chi connectivity index (χ3n) is 5.02. The van der Waals surface area contributed by atoms with Crippen molar-refractivity contribution in [1.82, 2.24) is 4.98 Å². The highest BCUT2D eigenvalue weighted by atomic mass is 16.2. The topological polar surface area (TPSA) is 62.3 Å². The molecule has 0 aliphatic carbocycles. The van der Waals surface area contributed by atoms with E-state index in [4.69, 9.17) is 0 Å². The summed E-state index contributed by atoms with van der Waals surface area (Å²) < 4.78 is 0. The maximum atomic E-state index is 12.8. The highest BCUT2D eigenvalue weighted by Gasteiger charge is 2.22. The van der Waals surface area contributed by atoms with Gasteiger partial charge < -0.3 is 10.2 Å². The molecule has 5 nitrogen and oxygen atoms in total. The van der Waals surface area contributed by atoms with Gasteiger partial charge in [0.15, 0.2) is 0 Å². The van der Waals surface area contributed by atoms with E-state index in [-0.39, 0.29) is 11.8 Å². The van der Waals surface area contributed by atoms with Crippen LogP contribution >= 0.6 is 0 Å². The SMILES string of the molecule is CC(=O)N1CCc2cc(NC(=O)c3cc4cc(C)ccc4nc3C)ccc21. The number of nitrogens with zero attached hydrogens (tertiary/aromatic N) is 2. The Morgan fingerprint density at radius 2 is 1.89 bits per heavy atom. The summed E-state index contributed by atoms with van der Waals surface area (Å²) in [5, 5.41) is 3.93. The first-order chi connectivity index (χ1) is 12.9. The number of pyridine rings is 1. The quantitative estimate of drug-likeness (QED) is 0.752. The molecule has 2 aromatic carbocycles. The fourth-order valence-corrected chi connectivity index (χ4v) is 3.63. The molecule has 5 heteroatoms. The van der Waals surface area contributed by atoms with Crippen molar-refractivity contribution >= 4 is 34.1 Å². The van der Waals surface area contributed by atoms with Crippen molar-refractivity contribution in [3.63, 3.8) is 0 Å². The van der Waals surface area contributed by atoms with Gasteiger partial charge in [-0.3, -0.25) is 14.6 Å². The molecule has 0 radical (unpaired) electrons. The van der Waals surface area contributed by atoms with Crippen LogP contribution in [0.15, 0.2) is 42.5 Å². The maximum absolute atomic E-state index is 12.8. The molecule has 1 aromatic heterocycles. The van der Waals surface area contributed by atoms with Crippen molar-refractivity contribution in [3.8, 4) is 0 Å². The van der Waals surface area contributed by atoms with Crippen LogP contribution in [0.3, 0.4) is 0 Å². The van der Waals surface area contributed by atoms with Gasteiger partial charge in [0.25, 0.3) is 5.91 Å².